The van der Waals surface area contributed by atoms with Crippen molar-refractivity contribution in [1.82, 2.24) is 4.90 Å². The zero-order valence-corrected chi connectivity index (χ0v) is 13.3. The standard InChI is InChI=1S/C16H19NS2/c1-11(2)9-10-17-14(18)12-7-5-6-8-13(12)16(3,4)15(17)19/h5-8H,1,9-10H2,2-4H3. The van der Waals surface area contributed by atoms with Crippen molar-refractivity contribution in [2.24, 2.45) is 0 Å². The van der Waals surface area contributed by atoms with Crippen LogP contribution in [0.4, 0.5) is 0 Å². The molecule has 1 nitrogen and oxygen atoms in total. The fourth-order valence-electron chi connectivity index (χ4n) is 2.41. The number of thiocarbonyl (C=S) groups is 2. The van der Waals surface area contributed by atoms with E-state index in [0.717, 1.165) is 34.1 Å². The maximum Gasteiger partial charge on any atom is 0.114 e. The second-order valence-electron chi connectivity index (χ2n) is 5.64. The van der Waals surface area contributed by atoms with Gasteiger partial charge in [0.1, 0.15) is 4.99 Å². The summed E-state index contributed by atoms with van der Waals surface area (Å²) in [5.41, 5.74) is 3.38. The van der Waals surface area contributed by atoms with E-state index in [4.69, 9.17) is 24.4 Å². The molecule has 1 aromatic rings. The quantitative estimate of drug-likeness (QED) is 0.605. The van der Waals surface area contributed by atoms with Gasteiger partial charge in [-0.1, -0.05) is 54.3 Å². The fourth-order valence-corrected chi connectivity index (χ4v) is 3.12. The smallest absolute Gasteiger partial charge is 0.114 e. The minimum absolute atomic E-state index is 0.149. The van der Waals surface area contributed by atoms with Crippen molar-refractivity contribution in [3.8, 4) is 0 Å². The Labute approximate surface area is 126 Å². The summed E-state index contributed by atoms with van der Waals surface area (Å²) in [6.45, 7) is 11.2. The highest BCUT2D eigenvalue weighted by Gasteiger charge is 2.38. The van der Waals surface area contributed by atoms with Crippen LogP contribution in [-0.4, -0.2) is 21.4 Å². The molecule has 0 spiro atoms. The highest BCUT2D eigenvalue weighted by molar-refractivity contribution is 7.82. The monoisotopic (exact) mass is 289 g/mol. The van der Waals surface area contributed by atoms with E-state index in [-0.39, 0.29) is 5.41 Å². The van der Waals surface area contributed by atoms with E-state index in [0.29, 0.717) is 0 Å². The number of fused-ring (bicyclic) bond motifs is 1. The summed E-state index contributed by atoms with van der Waals surface area (Å²) in [4.78, 5) is 3.86. The van der Waals surface area contributed by atoms with Gasteiger partial charge < -0.3 is 4.90 Å². The molecule has 0 saturated carbocycles. The summed E-state index contributed by atoms with van der Waals surface area (Å²) in [7, 11) is 0. The number of hydrogen-bond donors (Lipinski definition) is 0. The van der Waals surface area contributed by atoms with Crippen molar-refractivity contribution in [3.05, 3.63) is 47.5 Å². The van der Waals surface area contributed by atoms with Crippen LogP contribution in [0.25, 0.3) is 0 Å². The molecule has 0 radical (unpaired) electrons. The SMILES string of the molecule is C=C(C)CCN1C(=S)c2ccccc2C(C)(C)C1=S. The van der Waals surface area contributed by atoms with Gasteiger partial charge in [-0.05, 0) is 32.8 Å². The second kappa shape index (κ2) is 5.14. The maximum atomic E-state index is 5.68. The van der Waals surface area contributed by atoms with Gasteiger partial charge in [0, 0.05) is 17.5 Å². The molecule has 1 heterocycles. The van der Waals surface area contributed by atoms with Gasteiger partial charge >= 0.3 is 0 Å². The van der Waals surface area contributed by atoms with Crippen LogP contribution in [0, 0.1) is 0 Å². The molecular weight excluding hydrogens is 270 g/mol. The lowest BCUT2D eigenvalue weighted by Gasteiger charge is -2.42. The second-order valence-corrected chi connectivity index (χ2v) is 6.41. The Morgan fingerprint density at radius 1 is 1.26 bits per heavy atom. The first kappa shape index (κ1) is 14.4. The van der Waals surface area contributed by atoms with Crippen molar-refractivity contribution in [2.45, 2.75) is 32.6 Å². The van der Waals surface area contributed by atoms with E-state index in [1.807, 2.05) is 13.0 Å². The van der Waals surface area contributed by atoms with Crippen LogP contribution in [0.2, 0.25) is 0 Å². The van der Waals surface area contributed by atoms with E-state index in [1.165, 1.54) is 5.56 Å². The van der Waals surface area contributed by atoms with Crippen LogP contribution in [0.1, 0.15) is 38.3 Å². The van der Waals surface area contributed by atoms with E-state index in [2.05, 4.69) is 43.5 Å². The lowest BCUT2D eigenvalue weighted by atomic mass is 9.78. The Kier molecular flexibility index (Phi) is 3.88. The normalized spacial score (nSPS) is 17.3. The van der Waals surface area contributed by atoms with Crippen molar-refractivity contribution < 1.29 is 0 Å². The average molecular weight is 289 g/mol. The fraction of sp³-hybridized carbons (Fsp3) is 0.375. The molecule has 100 valence electrons. The zero-order chi connectivity index (χ0) is 14.2. The van der Waals surface area contributed by atoms with Crippen LogP contribution in [0.5, 0.6) is 0 Å². The molecule has 0 aromatic heterocycles. The summed E-state index contributed by atoms with van der Waals surface area (Å²) in [6, 6.07) is 8.31. The lowest BCUT2D eigenvalue weighted by Crippen LogP contribution is -2.50. The van der Waals surface area contributed by atoms with Crippen LogP contribution in [0.3, 0.4) is 0 Å². The number of rotatable bonds is 3. The molecule has 1 aliphatic rings. The largest absolute Gasteiger partial charge is 0.326 e. The zero-order valence-electron chi connectivity index (χ0n) is 11.7. The summed E-state index contributed by atoms with van der Waals surface area (Å²) in [5, 5.41) is 0. The van der Waals surface area contributed by atoms with Crippen molar-refractivity contribution in [1.29, 1.82) is 0 Å². The summed E-state index contributed by atoms with van der Waals surface area (Å²) >= 11 is 11.3. The molecule has 0 unspecified atom stereocenters. The van der Waals surface area contributed by atoms with Crippen molar-refractivity contribution in [2.75, 3.05) is 6.54 Å². The molecule has 2 rings (SSSR count). The predicted octanol–water partition coefficient (Wildman–Crippen LogP) is 4.25. The van der Waals surface area contributed by atoms with Gasteiger partial charge in [0.05, 0.1) is 4.99 Å². The molecule has 0 atom stereocenters. The average Bonchev–Trinajstić information content (AvgIpc) is 2.36. The Morgan fingerprint density at radius 3 is 2.53 bits per heavy atom. The Balaban J connectivity index is 2.43. The lowest BCUT2D eigenvalue weighted by molar-refractivity contribution is 0.542. The summed E-state index contributed by atoms with van der Waals surface area (Å²) < 4.78 is 0. The first-order chi connectivity index (χ1) is 8.85. The van der Waals surface area contributed by atoms with Crippen LogP contribution >= 0.6 is 24.4 Å². The number of hydrogen-bond acceptors (Lipinski definition) is 2. The minimum Gasteiger partial charge on any atom is -0.326 e. The molecule has 0 N–H and O–H groups in total. The molecule has 0 fully saturated rings. The molecule has 1 aromatic carbocycles. The van der Waals surface area contributed by atoms with Gasteiger partial charge in [0.15, 0.2) is 0 Å². The van der Waals surface area contributed by atoms with E-state index in [9.17, 15) is 0 Å². The van der Waals surface area contributed by atoms with Crippen LogP contribution < -0.4 is 0 Å². The topological polar surface area (TPSA) is 3.24 Å². The third-order valence-corrected chi connectivity index (χ3v) is 4.79. The molecule has 1 aliphatic heterocycles. The van der Waals surface area contributed by atoms with E-state index in [1.54, 1.807) is 0 Å². The molecule has 3 heteroatoms. The molecule has 19 heavy (non-hydrogen) atoms. The van der Waals surface area contributed by atoms with E-state index >= 15 is 0 Å². The van der Waals surface area contributed by atoms with Crippen molar-refractivity contribution in [3.63, 3.8) is 0 Å². The van der Waals surface area contributed by atoms with Gasteiger partial charge in [-0.2, -0.15) is 0 Å². The van der Waals surface area contributed by atoms with Crippen LogP contribution in [-0.2, 0) is 5.41 Å². The van der Waals surface area contributed by atoms with Gasteiger partial charge in [0.25, 0.3) is 0 Å². The Bertz CT molecular complexity index is 558. The molecule has 0 saturated heterocycles. The number of nitrogens with zero attached hydrogens (tertiary/aromatic N) is 1. The third kappa shape index (κ3) is 2.49. The summed E-state index contributed by atoms with van der Waals surface area (Å²) in [5.74, 6) is 0. The predicted molar refractivity (Wildman–Crippen MR) is 89.9 cm³/mol. The van der Waals surface area contributed by atoms with Gasteiger partial charge in [-0.15, -0.1) is 6.58 Å². The molecular formula is C16H19NS2. The highest BCUT2D eigenvalue weighted by atomic mass is 32.1. The van der Waals surface area contributed by atoms with Gasteiger partial charge in [0.2, 0.25) is 0 Å². The van der Waals surface area contributed by atoms with Crippen LogP contribution in [0.15, 0.2) is 36.4 Å². The minimum atomic E-state index is -0.149. The third-order valence-electron chi connectivity index (χ3n) is 3.62. The van der Waals surface area contributed by atoms with E-state index < -0.39 is 0 Å². The van der Waals surface area contributed by atoms with Gasteiger partial charge in [-0.3, -0.25) is 0 Å². The highest BCUT2D eigenvalue weighted by Crippen LogP contribution is 2.35. The Hall–Kier alpha value is -1.06. The summed E-state index contributed by atoms with van der Waals surface area (Å²) in [6.07, 6.45) is 0.915. The Morgan fingerprint density at radius 2 is 1.89 bits per heavy atom. The molecule has 0 bridgehead atoms. The molecule has 0 amide bonds. The van der Waals surface area contributed by atoms with Crippen molar-refractivity contribution >= 4 is 34.4 Å². The maximum absolute atomic E-state index is 5.68. The number of benzene rings is 1. The van der Waals surface area contributed by atoms with Gasteiger partial charge in [-0.25, -0.2) is 0 Å². The first-order valence-electron chi connectivity index (χ1n) is 6.46. The molecule has 0 aliphatic carbocycles. The first-order valence-corrected chi connectivity index (χ1v) is 7.27.